The number of nitrogens with zero attached hydrogens (tertiary/aromatic N) is 2. The normalized spacial score (nSPS) is 11.2. The van der Waals surface area contributed by atoms with Crippen molar-refractivity contribution >= 4 is 11.3 Å². The van der Waals surface area contributed by atoms with E-state index in [-0.39, 0.29) is 5.75 Å². The maximum Gasteiger partial charge on any atom is 0.387 e. The van der Waals surface area contributed by atoms with Crippen molar-refractivity contribution in [3.05, 3.63) is 75.7 Å². The Bertz CT molecular complexity index is 903. The second kappa shape index (κ2) is 10.3. The van der Waals surface area contributed by atoms with Gasteiger partial charge in [0.05, 0.1) is 17.3 Å². The van der Waals surface area contributed by atoms with Crippen molar-refractivity contribution in [2.45, 2.75) is 33.0 Å². The summed E-state index contributed by atoms with van der Waals surface area (Å²) in [5.74, 6) is 0.385. The molecule has 0 unspecified atom stereocenters. The molecule has 4 nitrogen and oxygen atoms in total. The lowest BCUT2D eigenvalue weighted by atomic mass is 10.2. The van der Waals surface area contributed by atoms with Gasteiger partial charge in [0.25, 0.3) is 0 Å². The van der Waals surface area contributed by atoms with Crippen LogP contribution in [0.2, 0.25) is 0 Å². The molecule has 0 atom stereocenters. The number of aromatic nitrogens is 1. The van der Waals surface area contributed by atoms with Gasteiger partial charge in [-0.15, -0.1) is 11.3 Å². The fourth-order valence-corrected chi connectivity index (χ4v) is 3.85. The Morgan fingerprint density at radius 1 is 1.03 bits per heavy atom. The molecule has 3 rings (SSSR count). The Balaban J connectivity index is 1.60. The second-order valence-electron chi connectivity index (χ2n) is 6.66. The Morgan fingerprint density at radius 3 is 2.55 bits per heavy atom. The van der Waals surface area contributed by atoms with Gasteiger partial charge in [0, 0.05) is 24.9 Å². The summed E-state index contributed by atoms with van der Waals surface area (Å²) < 4.78 is 35.1. The summed E-state index contributed by atoms with van der Waals surface area (Å²) in [7, 11) is 2.00. The number of rotatable bonds is 10. The standard InChI is InChI=1S/C22H24F2N2O2S/c1-3-27-20-11-17(9-10-19(20)28-22(23)24)13-26(2)14-18-15-29-21(25-18)12-16-7-5-4-6-8-16/h4-11,15,22H,3,12-14H2,1-2H3. The highest BCUT2D eigenvalue weighted by Crippen LogP contribution is 2.30. The third kappa shape index (κ3) is 6.51. The number of benzene rings is 2. The predicted molar refractivity (Wildman–Crippen MR) is 111 cm³/mol. The summed E-state index contributed by atoms with van der Waals surface area (Å²) in [4.78, 5) is 6.85. The molecular formula is C22H24F2N2O2S. The lowest BCUT2D eigenvalue weighted by molar-refractivity contribution is -0.0514. The summed E-state index contributed by atoms with van der Waals surface area (Å²) in [6.45, 7) is 0.644. The van der Waals surface area contributed by atoms with Crippen molar-refractivity contribution in [2.24, 2.45) is 0 Å². The van der Waals surface area contributed by atoms with E-state index in [2.05, 4.69) is 27.1 Å². The second-order valence-corrected chi connectivity index (χ2v) is 7.60. The number of alkyl halides is 2. The molecule has 0 bridgehead atoms. The van der Waals surface area contributed by atoms with Crippen molar-refractivity contribution in [3.63, 3.8) is 0 Å². The monoisotopic (exact) mass is 418 g/mol. The quantitative estimate of drug-likeness (QED) is 0.444. The Morgan fingerprint density at radius 2 is 1.83 bits per heavy atom. The third-order valence-corrected chi connectivity index (χ3v) is 5.10. The molecule has 154 valence electrons. The highest BCUT2D eigenvalue weighted by molar-refractivity contribution is 7.09. The number of hydrogen-bond donors (Lipinski definition) is 0. The van der Waals surface area contributed by atoms with Crippen molar-refractivity contribution < 1.29 is 18.3 Å². The van der Waals surface area contributed by atoms with E-state index in [4.69, 9.17) is 9.72 Å². The van der Waals surface area contributed by atoms with Crippen molar-refractivity contribution in [2.75, 3.05) is 13.7 Å². The summed E-state index contributed by atoms with van der Waals surface area (Å²) in [6, 6.07) is 15.3. The van der Waals surface area contributed by atoms with Crippen LogP contribution in [0.3, 0.4) is 0 Å². The van der Waals surface area contributed by atoms with Gasteiger partial charge >= 0.3 is 6.61 Å². The van der Waals surface area contributed by atoms with Gasteiger partial charge in [0.15, 0.2) is 11.5 Å². The van der Waals surface area contributed by atoms with Gasteiger partial charge in [0.1, 0.15) is 0 Å². The Kier molecular flexibility index (Phi) is 7.55. The highest BCUT2D eigenvalue weighted by Gasteiger charge is 2.13. The predicted octanol–water partition coefficient (Wildman–Crippen LogP) is 5.37. The summed E-state index contributed by atoms with van der Waals surface area (Å²) in [6.07, 6.45) is 0.832. The van der Waals surface area contributed by atoms with Crippen LogP contribution in [-0.4, -0.2) is 30.1 Å². The van der Waals surface area contributed by atoms with E-state index in [1.807, 2.05) is 25.2 Å². The average molecular weight is 419 g/mol. The maximum absolute atomic E-state index is 12.5. The molecule has 0 saturated heterocycles. The number of thiazole rings is 1. The summed E-state index contributed by atoms with van der Waals surface area (Å²) in [5, 5.41) is 3.17. The molecule has 0 amide bonds. The fourth-order valence-electron chi connectivity index (χ4n) is 3.03. The van der Waals surface area contributed by atoms with Gasteiger partial charge in [-0.25, -0.2) is 4.98 Å². The van der Waals surface area contributed by atoms with Gasteiger partial charge in [-0.2, -0.15) is 8.78 Å². The van der Waals surface area contributed by atoms with Crippen LogP contribution < -0.4 is 9.47 Å². The SMILES string of the molecule is CCOc1cc(CN(C)Cc2csc(Cc3ccccc3)n2)ccc1OC(F)F. The maximum atomic E-state index is 12.5. The molecule has 0 aliphatic carbocycles. The topological polar surface area (TPSA) is 34.6 Å². The van der Waals surface area contributed by atoms with Crippen LogP contribution in [0.25, 0.3) is 0 Å². The van der Waals surface area contributed by atoms with Crippen molar-refractivity contribution in [1.82, 2.24) is 9.88 Å². The zero-order valence-electron chi connectivity index (χ0n) is 16.5. The lowest BCUT2D eigenvalue weighted by Crippen LogP contribution is -2.17. The van der Waals surface area contributed by atoms with E-state index in [1.165, 1.54) is 11.6 Å². The molecule has 1 heterocycles. The van der Waals surface area contributed by atoms with E-state index in [0.717, 1.165) is 22.7 Å². The summed E-state index contributed by atoms with van der Waals surface area (Å²) in [5.41, 5.74) is 3.22. The molecule has 0 radical (unpaired) electrons. The zero-order chi connectivity index (χ0) is 20.6. The Labute approximate surface area is 173 Å². The molecule has 0 aliphatic heterocycles. The van der Waals surface area contributed by atoms with E-state index in [0.29, 0.717) is 25.4 Å². The first-order valence-electron chi connectivity index (χ1n) is 9.39. The van der Waals surface area contributed by atoms with Crippen molar-refractivity contribution in [3.8, 4) is 11.5 Å². The van der Waals surface area contributed by atoms with Crippen molar-refractivity contribution in [1.29, 1.82) is 0 Å². The fraction of sp³-hybridized carbons (Fsp3) is 0.318. The van der Waals surface area contributed by atoms with Gasteiger partial charge in [-0.05, 0) is 37.2 Å². The van der Waals surface area contributed by atoms with E-state index < -0.39 is 6.61 Å². The van der Waals surface area contributed by atoms with Crippen LogP contribution in [0.1, 0.15) is 28.8 Å². The minimum absolute atomic E-state index is 0.0540. The average Bonchev–Trinajstić information content (AvgIpc) is 3.11. The molecule has 0 aliphatic rings. The molecule has 2 aromatic carbocycles. The summed E-state index contributed by atoms with van der Waals surface area (Å²) >= 11 is 1.66. The number of ether oxygens (including phenoxy) is 2. The lowest BCUT2D eigenvalue weighted by Gasteiger charge is -2.17. The van der Waals surface area contributed by atoms with E-state index in [1.54, 1.807) is 30.4 Å². The largest absolute Gasteiger partial charge is 0.490 e. The van der Waals surface area contributed by atoms with Crippen LogP contribution >= 0.6 is 11.3 Å². The first-order chi connectivity index (χ1) is 14.0. The van der Waals surface area contributed by atoms with Gasteiger partial charge < -0.3 is 9.47 Å². The third-order valence-electron chi connectivity index (χ3n) is 4.21. The Hall–Kier alpha value is -2.51. The van der Waals surface area contributed by atoms with Crippen LogP contribution in [0.4, 0.5) is 8.78 Å². The number of halogens is 2. The molecule has 0 fully saturated rings. The van der Waals surface area contributed by atoms with Crippen LogP contribution in [0.5, 0.6) is 11.5 Å². The van der Waals surface area contributed by atoms with Crippen LogP contribution in [-0.2, 0) is 19.5 Å². The molecular weight excluding hydrogens is 394 g/mol. The number of hydrogen-bond acceptors (Lipinski definition) is 5. The van der Waals surface area contributed by atoms with E-state index in [9.17, 15) is 8.78 Å². The zero-order valence-corrected chi connectivity index (χ0v) is 17.3. The van der Waals surface area contributed by atoms with Crippen LogP contribution in [0, 0.1) is 0 Å². The van der Waals surface area contributed by atoms with Gasteiger partial charge in [0.2, 0.25) is 0 Å². The molecule has 0 spiro atoms. The minimum atomic E-state index is -2.88. The molecule has 29 heavy (non-hydrogen) atoms. The molecule has 7 heteroatoms. The minimum Gasteiger partial charge on any atom is -0.490 e. The molecule has 1 aromatic heterocycles. The van der Waals surface area contributed by atoms with Gasteiger partial charge in [-0.1, -0.05) is 36.4 Å². The molecule has 0 saturated carbocycles. The smallest absolute Gasteiger partial charge is 0.387 e. The molecule has 3 aromatic rings. The first kappa shape index (κ1) is 21.2. The van der Waals surface area contributed by atoms with Gasteiger partial charge in [-0.3, -0.25) is 4.90 Å². The highest BCUT2D eigenvalue weighted by atomic mass is 32.1. The first-order valence-corrected chi connectivity index (χ1v) is 10.3. The van der Waals surface area contributed by atoms with Crippen LogP contribution in [0.15, 0.2) is 53.9 Å². The van der Waals surface area contributed by atoms with E-state index >= 15 is 0 Å². The molecule has 0 N–H and O–H groups in total.